The molecule has 0 radical (unpaired) electrons. The summed E-state index contributed by atoms with van der Waals surface area (Å²) in [5, 5.41) is 1.15. The molecular weight excluding hydrogens is 274 g/mol. The van der Waals surface area contributed by atoms with E-state index in [4.69, 9.17) is 9.15 Å². The zero-order valence-electron chi connectivity index (χ0n) is 12.3. The highest BCUT2D eigenvalue weighted by Gasteiger charge is 2.30. The topological polar surface area (TPSA) is 25.6 Å². The van der Waals surface area contributed by atoms with Crippen molar-refractivity contribution in [3.05, 3.63) is 36.1 Å². The second-order valence-corrected chi connectivity index (χ2v) is 6.16. The fraction of sp³-hybridized carbons (Fsp3) is 0.500. The van der Waals surface area contributed by atoms with Gasteiger partial charge in [0.2, 0.25) is 0 Å². The Kier molecular flexibility index (Phi) is 4.43. The van der Waals surface area contributed by atoms with Gasteiger partial charge < -0.3 is 9.15 Å². The molecule has 2 aromatic rings. The number of benzene rings is 1. The minimum absolute atomic E-state index is 0. The van der Waals surface area contributed by atoms with E-state index in [-0.39, 0.29) is 24.0 Å². The number of halogens is 1. The van der Waals surface area contributed by atoms with Gasteiger partial charge in [-0.1, -0.05) is 18.2 Å². The van der Waals surface area contributed by atoms with Crippen LogP contribution in [0.4, 0.5) is 0 Å². The highest BCUT2D eigenvalue weighted by Crippen LogP contribution is 2.30. The third-order valence-corrected chi connectivity index (χ3v) is 3.78. The molecule has 1 atom stereocenters. The van der Waals surface area contributed by atoms with E-state index in [1.54, 1.807) is 0 Å². The largest absolute Gasteiger partial charge is 0.458 e. The van der Waals surface area contributed by atoms with Gasteiger partial charge in [-0.2, -0.15) is 0 Å². The summed E-state index contributed by atoms with van der Waals surface area (Å²) in [6.07, 6.45) is 0.0420. The van der Waals surface area contributed by atoms with Gasteiger partial charge in [0.25, 0.3) is 0 Å². The molecule has 20 heavy (non-hydrogen) atoms. The molecule has 1 aliphatic rings. The standard InChI is InChI=1S/C16H21NO2.ClH/c1-16(2,3)17-8-9-18-15(11-17)14-10-12-6-4-5-7-13(12)19-14;/h4-7,10,15H,8-9,11H2,1-3H3;1H. The number of hydrogen-bond donors (Lipinski definition) is 0. The molecule has 1 aromatic heterocycles. The van der Waals surface area contributed by atoms with E-state index in [9.17, 15) is 0 Å². The van der Waals surface area contributed by atoms with Crippen LogP contribution in [0.3, 0.4) is 0 Å². The summed E-state index contributed by atoms with van der Waals surface area (Å²) in [4.78, 5) is 2.45. The molecule has 110 valence electrons. The van der Waals surface area contributed by atoms with Crippen LogP contribution in [0.15, 0.2) is 34.7 Å². The second kappa shape index (κ2) is 5.76. The van der Waals surface area contributed by atoms with Crippen LogP contribution in [0.2, 0.25) is 0 Å². The van der Waals surface area contributed by atoms with Gasteiger partial charge in [-0.05, 0) is 32.9 Å². The van der Waals surface area contributed by atoms with Crippen LogP contribution in [-0.2, 0) is 4.74 Å². The summed E-state index contributed by atoms with van der Waals surface area (Å²) in [5.74, 6) is 0.940. The lowest BCUT2D eigenvalue weighted by molar-refractivity contribution is -0.0671. The van der Waals surface area contributed by atoms with Crippen molar-refractivity contribution in [3.8, 4) is 0 Å². The summed E-state index contributed by atoms with van der Waals surface area (Å²) in [5.41, 5.74) is 1.11. The minimum Gasteiger partial charge on any atom is -0.458 e. The molecule has 4 heteroatoms. The molecule has 2 heterocycles. The second-order valence-electron chi connectivity index (χ2n) is 6.16. The summed E-state index contributed by atoms with van der Waals surface area (Å²) >= 11 is 0. The number of nitrogens with zero attached hydrogens (tertiary/aromatic N) is 1. The SMILES string of the molecule is CC(C)(C)N1CCOC(c2cc3ccccc3o2)C1.Cl. The van der Waals surface area contributed by atoms with Crippen molar-refractivity contribution >= 4 is 23.4 Å². The van der Waals surface area contributed by atoms with Crippen molar-refractivity contribution in [2.45, 2.75) is 32.4 Å². The van der Waals surface area contributed by atoms with E-state index >= 15 is 0 Å². The Morgan fingerprint density at radius 3 is 2.65 bits per heavy atom. The maximum Gasteiger partial charge on any atom is 0.135 e. The number of morpholine rings is 1. The first-order valence-corrected chi connectivity index (χ1v) is 6.89. The number of furan rings is 1. The van der Waals surface area contributed by atoms with Gasteiger partial charge in [-0.3, -0.25) is 4.90 Å². The first-order chi connectivity index (χ1) is 9.04. The molecule has 0 aliphatic carbocycles. The lowest BCUT2D eigenvalue weighted by Crippen LogP contribution is -2.48. The predicted molar refractivity (Wildman–Crippen MR) is 83.5 cm³/mol. The third kappa shape index (κ3) is 3.00. The molecule has 1 aliphatic heterocycles. The molecule has 0 bridgehead atoms. The van der Waals surface area contributed by atoms with Gasteiger partial charge in [0.1, 0.15) is 17.4 Å². The van der Waals surface area contributed by atoms with Gasteiger partial charge >= 0.3 is 0 Å². The number of rotatable bonds is 1. The Balaban J connectivity index is 0.00000147. The predicted octanol–water partition coefficient (Wildman–Crippen LogP) is 4.03. The van der Waals surface area contributed by atoms with Crippen LogP contribution in [0.1, 0.15) is 32.6 Å². The lowest BCUT2D eigenvalue weighted by Gasteiger charge is -2.40. The van der Waals surface area contributed by atoms with Crippen LogP contribution in [0.5, 0.6) is 0 Å². The molecule has 0 amide bonds. The summed E-state index contributed by atoms with van der Waals surface area (Å²) < 4.78 is 11.8. The molecule has 0 saturated carbocycles. The Labute approximate surface area is 126 Å². The van der Waals surface area contributed by atoms with Crippen molar-refractivity contribution in [1.82, 2.24) is 4.90 Å². The fourth-order valence-electron chi connectivity index (χ4n) is 2.59. The van der Waals surface area contributed by atoms with Crippen molar-refractivity contribution < 1.29 is 9.15 Å². The van der Waals surface area contributed by atoms with Gasteiger partial charge in [0.15, 0.2) is 0 Å². The molecule has 3 nitrogen and oxygen atoms in total. The maximum absolute atomic E-state index is 5.92. The Hall–Kier alpha value is -1.03. The highest BCUT2D eigenvalue weighted by molar-refractivity contribution is 5.85. The van der Waals surface area contributed by atoms with E-state index in [0.717, 1.165) is 36.4 Å². The van der Waals surface area contributed by atoms with Crippen molar-refractivity contribution in [2.24, 2.45) is 0 Å². The van der Waals surface area contributed by atoms with Crippen molar-refractivity contribution in [1.29, 1.82) is 0 Å². The average Bonchev–Trinajstić information content (AvgIpc) is 2.81. The number of para-hydroxylation sites is 1. The molecule has 0 spiro atoms. The van der Waals surface area contributed by atoms with Crippen LogP contribution >= 0.6 is 12.4 Å². The molecule has 1 fully saturated rings. The van der Waals surface area contributed by atoms with Crippen LogP contribution < -0.4 is 0 Å². The Bertz CT molecular complexity index is 540. The van der Waals surface area contributed by atoms with E-state index < -0.39 is 0 Å². The van der Waals surface area contributed by atoms with E-state index in [0.29, 0.717) is 0 Å². The average molecular weight is 296 g/mol. The third-order valence-electron chi connectivity index (χ3n) is 3.78. The van der Waals surface area contributed by atoms with Gasteiger partial charge in [0.05, 0.1) is 6.61 Å². The lowest BCUT2D eigenvalue weighted by atomic mass is 10.0. The molecular formula is C16H22ClNO2. The number of hydrogen-bond acceptors (Lipinski definition) is 3. The fourth-order valence-corrected chi connectivity index (χ4v) is 2.59. The first kappa shape index (κ1) is 15.4. The molecule has 3 rings (SSSR count). The monoisotopic (exact) mass is 295 g/mol. The van der Waals surface area contributed by atoms with Crippen LogP contribution in [0.25, 0.3) is 11.0 Å². The van der Waals surface area contributed by atoms with Crippen LogP contribution in [-0.4, -0.2) is 30.1 Å². The summed E-state index contributed by atoms with van der Waals surface area (Å²) in [6.45, 7) is 9.37. The van der Waals surface area contributed by atoms with E-state index in [1.165, 1.54) is 0 Å². The minimum atomic E-state index is 0. The number of ether oxygens (including phenoxy) is 1. The molecule has 1 aromatic carbocycles. The van der Waals surface area contributed by atoms with Crippen LogP contribution in [0, 0.1) is 0 Å². The zero-order chi connectivity index (χ0) is 13.5. The van der Waals surface area contributed by atoms with Gasteiger partial charge in [-0.25, -0.2) is 0 Å². The highest BCUT2D eigenvalue weighted by atomic mass is 35.5. The van der Waals surface area contributed by atoms with Gasteiger partial charge in [0, 0.05) is 24.0 Å². The van der Waals surface area contributed by atoms with E-state index in [1.807, 2.05) is 18.2 Å². The van der Waals surface area contributed by atoms with Crippen molar-refractivity contribution in [3.63, 3.8) is 0 Å². The maximum atomic E-state index is 5.92. The quantitative estimate of drug-likeness (QED) is 0.794. The number of fused-ring (bicyclic) bond motifs is 1. The van der Waals surface area contributed by atoms with Gasteiger partial charge in [-0.15, -0.1) is 12.4 Å². The molecule has 1 saturated heterocycles. The summed E-state index contributed by atoms with van der Waals surface area (Å²) in [6, 6.07) is 10.2. The Morgan fingerprint density at radius 2 is 1.95 bits per heavy atom. The first-order valence-electron chi connectivity index (χ1n) is 6.89. The smallest absolute Gasteiger partial charge is 0.135 e. The molecule has 1 unspecified atom stereocenters. The normalized spacial score (nSPS) is 20.9. The Morgan fingerprint density at radius 1 is 1.20 bits per heavy atom. The molecule has 0 N–H and O–H groups in total. The van der Waals surface area contributed by atoms with Crippen molar-refractivity contribution in [2.75, 3.05) is 19.7 Å². The summed E-state index contributed by atoms with van der Waals surface area (Å²) in [7, 11) is 0. The van der Waals surface area contributed by atoms with E-state index in [2.05, 4.69) is 37.8 Å². The zero-order valence-corrected chi connectivity index (χ0v) is 13.1.